The van der Waals surface area contributed by atoms with Gasteiger partial charge in [0.15, 0.2) is 0 Å². The van der Waals surface area contributed by atoms with Crippen LogP contribution in [0.1, 0.15) is 60.5 Å². The third kappa shape index (κ3) is 3.38. The summed E-state index contributed by atoms with van der Waals surface area (Å²) in [6.45, 7) is 4.20. The predicted molar refractivity (Wildman–Crippen MR) is 108 cm³/mol. The van der Waals surface area contributed by atoms with E-state index in [1.165, 1.54) is 0 Å². The van der Waals surface area contributed by atoms with Gasteiger partial charge in [-0.1, -0.05) is 50.6 Å². The van der Waals surface area contributed by atoms with Crippen LogP contribution in [0.3, 0.4) is 0 Å². The summed E-state index contributed by atoms with van der Waals surface area (Å²) < 4.78 is 0. The molecule has 6 heteroatoms. The molecule has 3 aromatic rings. The molecule has 3 N–H and O–H groups in total. The SMILES string of the molecule is CC[C@H](C)[C@H](NC(=O)CC1NC(=O)c2ccccc21)c1nc2ccccc2[nH]1. The Morgan fingerprint density at radius 1 is 1.18 bits per heavy atom. The van der Waals surface area contributed by atoms with E-state index in [9.17, 15) is 9.59 Å². The Balaban J connectivity index is 1.53. The van der Waals surface area contributed by atoms with E-state index in [0.29, 0.717) is 5.56 Å². The van der Waals surface area contributed by atoms with E-state index in [0.717, 1.165) is 28.8 Å². The van der Waals surface area contributed by atoms with Gasteiger partial charge in [-0.3, -0.25) is 9.59 Å². The number of aromatic nitrogens is 2. The van der Waals surface area contributed by atoms with Crippen LogP contribution in [0.5, 0.6) is 0 Å². The molecule has 0 aliphatic carbocycles. The lowest BCUT2D eigenvalue weighted by atomic mass is 9.97. The van der Waals surface area contributed by atoms with Crippen LogP contribution < -0.4 is 10.6 Å². The first-order chi connectivity index (χ1) is 13.6. The Kier molecular flexibility index (Phi) is 4.86. The maximum atomic E-state index is 12.8. The number of carbonyl (C=O) groups excluding carboxylic acids is 2. The molecule has 0 saturated carbocycles. The van der Waals surface area contributed by atoms with Crippen LogP contribution in [0.15, 0.2) is 48.5 Å². The molecule has 0 bridgehead atoms. The lowest BCUT2D eigenvalue weighted by molar-refractivity contribution is -0.122. The Bertz CT molecular complexity index is 993. The number of fused-ring (bicyclic) bond motifs is 2. The van der Waals surface area contributed by atoms with E-state index >= 15 is 0 Å². The number of hydrogen-bond acceptors (Lipinski definition) is 3. The van der Waals surface area contributed by atoms with Gasteiger partial charge in [0.05, 0.1) is 29.5 Å². The van der Waals surface area contributed by atoms with Gasteiger partial charge in [0, 0.05) is 5.56 Å². The van der Waals surface area contributed by atoms with Crippen molar-refractivity contribution in [3.05, 3.63) is 65.5 Å². The smallest absolute Gasteiger partial charge is 0.252 e. The zero-order valence-corrected chi connectivity index (χ0v) is 16.0. The molecule has 0 saturated heterocycles. The number of carbonyl (C=O) groups is 2. The number of rotatable bonds is 6. The normalized spacial score (nSPS) is 17.8. The zero-order chi connectivity index (χ0) is 19.7. The highest BCUT2D eigenvalue weighted by atomic mass is 16.2. The minimum absolute atomic E-state index is 0.104. The minimum atomic E-state index is -0.294. The highest BCUT2D eigenvalue weighted by molar-refractivity contribution is 5.99. The standard InChI is InChI=1S/C22H24N4O2/c1-3-13(2)20(21-23-16-10-6-7-11-17(16)24-21)26-19(27)12-18-14-8-4-5-9-15(14)22(28)25-18/h4-11,13,18,20H,3,12H2,1-2H3,(H,23,24)(H,25,28)(H,26,27)/t13-,18?,20-/m0/s1. The molecule has 28 heavy (non-hydrogen) atoms. The molecular formula is C22H24N4O2. The van der Waals surface area contributed by atoms with E-state index in [-0.39, 0.29) is 36.2 Å². The number of aromatic amines is 1. The van der Waals surface area contributed by atoms with Gasteiger partial charge in [-0.2, -0.15) is 0 Å². The van der Waals surface area contributed by atoms with Crippen LogP contribution in [-0.2, 0) is 4.79 Å². The number of nitrogens with zero attached hydrogens (tertiary/aromatic N) is 1. The number of para-hydroxylation sites is 2. The van der Waals surface area contributed by atoms with E-state index in [1.54, 1.807) is 6.07 Å². The Morgan fingerprint density at radius 2 is 1.93 bits per heavy atom. The molecule has 3 atom stereocenters. The quantitative estimate of drug-likeness (QED) is 0.614. The van der Waals surface area contributed by atoms with Crippen molar-refractivity contribution in [2.24, 2.45) is 5.92 Å². The molecule has 0 spiro atoms. The topological polar surface area (TPSA) is 86.9 Å². The first-order valence-corrected chi connectivity index (χ1v) is 9.70. The van der Waals surface area contributed by atoms with Gasteiger partial charge in [-0.25, -0.2) is 4.98 Å². The molecule has 2 amide bonds. The molecule has 144 valence electrons. The van der Waals surface area contributed by atoms with Gasteiger partial charge in [-0.15, -0.1) is 0 Å². The van der Waals surface area contributed by atoms with Crippen molar-refractivity contribution < 1.29 is 9.59 Å². The summed E-state index contributed by atoms with van der Waals surface area (Å²) in [5.41, 5.74) is 3.37. The maximum absolute atomic E-state index is 12.8. The molecule has 0 radical (unpaired) electrons. The molecule has 1 aromatic heterocycles. The Morgan fingerprint density at radius 3 is 2.71 bits per heavy atom. The first-order valence-electron chi connectivity index (χ1n) is 9.70. The van der Waals surface area contributed by atoms with E-state index in [4.69, 9.17) is 0 Å². The molecule has 1 aliphatic heterocycles. The highest BCUT2D eigenvalue weighted by Crippen LogP contribution is 2.29. The molecular weight excluding hydrogens is 352 g/mol. The second-order valence-electron chi connectivity index (χ2n) is 7.39. The van der Waals surface area contributed by atoms with Crippen LogP contribution in [-0.4, -0.2) is 21.8 Å². The number of hydrogen-bond donors (Lipinski definition) is 3. The van der Waals surface area contributed by atoms with Crippen molar-refractivity contribution in [3.8, 4) is 0 Å². The van der Waals surface area contributed by atoms with Gasteiger partial charge in [0.2, 0.25) is 5.91 Å². The monoisotopic (exact) mass is 376 g/mol. The summed E-state index contributed by atoms with van der Waals surface area (Å²) in [5.74, 6) is 0.756. The average molecular weight is 376 g/mol. The van der Waals surface area contributed by atoms with Crippen molar-refractivity contribution in [2.75, 3.05) is 0 Å². The fourth-order valence-corrected chi connectivity index (χ4v) is 3.74. The van der Waals surface area contributed by atoms with Crippen molar-refractivity contribution in [2.45, 2.75) is 38.8 Å². The molecule has 1 unspecified atom stereocenters. The maximum Gasteiger partial charge on any atom is 0.252 e. The predicted octanol–water partition coefficient (Wildman–Crippen LogP) is 3.64. The lowest BCUT2D eigenvalue weighted by Crippen LogP contribution is -2.35. The van der Waals surface area contributed by atoms with Crippen LogP contribution >= 0.6 is 0 Å². The molecule has 2 heterocycles. The van der Waals surface area contributed by atoms with E-state index in [1.807, 2.05) is 42.5 Å². The molecule has 1 aliphatic rings. The van der Waals surface area contributed by atoms with Crippen LogP contribution in [0.25, 0.3) is 11.0 Å². The van der Waals surface area contributed by atoms with E-state index in [2.05, 4.69) is 34.4 Å². The Hall–Kier alpha value is -3.15. The molecule has 6 nitrogen and oxygen atoms in total. The second kappa shape index (κ2) is 7.46. The van der Waals surface area contributed by atoms with Gasteiger partial charge >= 0.3 is 0 Å². The summed E-state index contributed by atoms with van der Waals surface area (Å²) in [4.78, 5) is 32.9. The largest absolute Gasteiger partial charge is 0.346 e. The van der Waals surface area contributed by atoms with Crippen LogP contribution in [0.2, 0.25) is 0 Å². The third-order valence-electron chi connectivity index (χ3n) is 5.51. The summed E-state index contributed by atoms with van der Waals surface area (Å²) in [6.07, 6.45) is 1.11. The van der Waals surface area contributed by atoms with Gasteiger partial charge < -0.3 is 15.6 Å². The number of H-pyrrole nitrogens is 1. The lowest BCUT2D eigenvalue weighted by Gasteiger charge is -2.23. The minimum Gasteiger partial charge on any atom is -0.346 e. The first kappa shape index (κ1) is 18.2. The van der Waals surface area contributed by atoms with Crippen molar-refractivity contribution in [1.82, 2.24) is 20.6 Å². The highest BCUT2D eigenvalue weighted by Gasteiger charge is 2.31. The van der Waals surface area contributed by atoms with Gasteiger partial charge in [0.1, 0.15) is 5.82 Å². The fraction of sp³-hybridized carbons (Fsp3) is 0.318. The summed E-state index contributed by atoms with van der Waals surface area (Å²) in [5, 5.41) is 6.04. The van der Waals surface area contributed by atoms with Gasteiger partial charge in [0.25, 0.3) is 5.91 Å². The average Bonchev–Trinajstić information content (AvgIpc) is 3.27. The van der Waals surface area contributed by atoms with Crippen molar-refractivity contribution in [3.63, 3.8) is 0 Å². The third-order valence-corrected chi connectivity index (χ3v) is 5.51. The number of amides is 2. The van der Waals surface area contributed by atoms with Gasteiger partial charge in [-0.05, 0) is 29.7 Å². The van der Waals surface area contributed by atoms with Crippen LogP contribution in [0, 0.1) is 5.92 Å². The number of benzene rings is 2. The number of imidazole rings is 1. The number of nitrogens with one attached hydrogen (secondary N) is 3. The van der Waals surface area contributed by atoms with Crippen LogP contribution in [0.4, 0.5) is 0 Å². The zero-order valence-electron chi connectivity index (χ0n) is 16.0. The fourth-order valence-electron chi connectivity index (χ4n) is 3.74. The summed E-state index contributed by atoms with van der Waals surface area (Å²) in [7, 11) is 0. The summed E-state index contributed by atoms with van der Waals surface area (Å²) >= 11 is 0. The Labute approximate surface area is 163 Å². The summed E-state index contributed by atoms with van der Waals surface area (Å²) in [6, 6.07) is 14.7. The second-order valence-corrected chi connectivity index (χ2v) is 7.39. The van der Waals surface area contributed by atoms with Crippen molar-refractivity contribution in [1.29, 1.82) is 0 Å². The molecule has 4 rings (SSSR count). The molecule has 0 fully saturated rings. The molecule has 2 aromatic carbocycles. The van der Waals surface area contributed by atoms with E-state index < -0.39 is 0 Å². The van der Waals surface area contributed by atoms with Crippen molar-refractivity contribution >= 4 is 22.8 Å².